The quantitative estimate of drug-likeness (QED) is 0.454. The maximum absolute atomic E-state index is 10.8. The molecule has 0 amide bonds. The van der Waals surface area contributed by atoms with Crippen LogP contribution in [0.25, 0.3) is 0 Å². The fraction of sp³-hybridized carbons (Fsp3) is 0.583. The van der Waals surface area contributed by atoms with Gasteiger partial charge in [0.05, 0.1) is 6.61 Å². The second-order valence-electron chi connectivity index (χ2n) is 4.46. The predicted molar refractivity (Wildman–Crippen MR) is 66.8 cm³/mol. The molecule has 0 aromatic carbocycles. The Kier molecular flexibility index (Phi) is 4.09. The first kappa shape index (κ1) is 12.8. The number of rotatable bonds is 7. The third-order valence-corrected chi connectivity index (χ3v) is 2.74. The Hall–Kier alpha value is -1.69. The molecule has 1 aromatic heterocycles. The highest BCUT2D eigenvalue weighted by Crippen LogP contribution is 2.24. The van der Waals surface area contributed by atoms with Gasteiger partial charge in [-0.05, 0) is 47.8 Å². The summed E-state index contributed by atoms with van der Waals surface area (Å²) < 4.78 is 5.41. The Morgan fingerprint density at radius 3 is 3.00 bits per heavy atom. The summed E-state index contributed by atoms with van der Waals surface area (Å²) in [5.41, 5.74) is 0.615. The molecule has 98 valence electrons. The molecular weight excluding hydrogens is 234 g/mol. The number of hydrogen-bond donors (Lipinski definition) is 1. The van der Waals surface area contributed by atoms with Crippen LogP contribution in [0.4, 0.5) is 5.82 Å². The van der Waals surface area contributed by atoms with Crippen molar-refractivity contribution in [3.63, 3.8) is 0 Å². The smallest absolute Gasteiger partial charge is 0.406 e. The summed E-state index contributed by atoms with van der Waals surface area (Å²) in [4.78, 5) is 14.2. The predicted octanol–water partition coefficient (Wildman–Crippen LogP) is 1.82. The van der Waals surface area contributed by atoms with Crippen LogP contribution in [-0.4, -0.2) is 29.1 Å². The number of nitro groups is 1. The molecular formula is C12H17N3O3. The van der Waals surface area contributed by atoms with E-state index < -0.39 is 4.92 Å². The van der Waals surface area contributed by atoms with E-state index in [0.717, 1.165) is 13.0 Å². The number of nitrogens with zero attached hydrogens (tertiary/aromatic N) is 2. The van der Waals surface area contributed by atoms with Crippen molar-refractivity contribution in [2.75, 3.05) is 13.2 Å². The number of aryl methyl sites for hydroxylation is 1. The van der Waals surface area contributed by atoms with E-state index in [4.69, 9.17) is 4.74 Å². The van der Waals surface area contributed by atoms with Gasteiger partial charge in [-0.25, -0.2) is 0 Å². The van der Waals surface area contributed by atoms with Gasteiger partial charge < -0.3 is 20.2 Å². The first-order valence-corrected chi connectivity index (χ1v) is 6.15. The Bertz CT molecular complexity index is 433. The normalized spacial score (nSPS) is 14.5. The van der Waals surface area contributed by atoms with E-state index in [9.17, 15) is 10.1 Å². The molecule has 1 fully saturated rings. The van der Waals surface area contributed by atoms with Gasteiger partial charge in [0, 0.05) is 13.0 Å². The number of pyridine rings is 1. The lowest BCUT2D eigenvalue weighted by Crippen LogP contribution is -2.19. The molecule has 1 aliphatic carbocycles. The van der Waals surface area contributed by atoms with Crippen LogP contribution in [0.2, 0.25) is 0 Å². The minimum atomic E-state index is -0.509. The van der Waals surface area contributed by atoms with Crippen LogP contribution >= 0.6 is 0 Å². The van der Waals surface area contributed by atoms with Crippen LogP contribution in [0.5, 0.6) is 5.75 Å². The SMILES string of the molecule is Cc1ccc(OCCCNC2CC2)c([N+](=O)[O-])n1. The molecule has 1 aromatic rings. The van der Waals surface area contributed by atoms with E-state index in [0.29, 0.717) is 18.3 Å². The third-order valence-electron chi connectivity index (χ3n) is 2.74. The summed E-state index contributed by atoms with van der Waals surface area (Å²) in [6.45, 7) is 3.07. The van der Waals surface area contributed by atoms with Crippen molar-refractivity contribution >= 4 is 5.82 Å². The highest BCUT2D eigenvalue weighted by Gasteiger charge is 2.20. The summed E-state index contributed by atoms with van der Waals surface area (Å²) in [5.74, 6) is 0.0437. The summed E-state index contributed by atoms with van der Waals surface area (Å²) >= 11 is 0. The van der Waals surface area contributed by atoms with Gasteiger partial charge in [-0.15, -0.1) is 0 Å². The van der Waals surface area contributed by atoms with E-state index in [-0.39, 0.29) is 11.6 Å². The Morgan fingerprint density at radius 1 is 1.56 bits per heavy atom. The second kappa shape index (κ2) is 5.77. The average molecular weight is 251 g/mol. The molecule has 0 atom stereocenters. The summed E-state index contributed by atoms with van der Waals surface area (Å²) in [7, 11) is 0. The van der Waals surface area contributed by atoms with Crippen molar-refractivity contribution in [3.8, 4) is 5.75 Å². The van der Waals surface area contributed by atoms with Crippen LogP contribution < -0.4 is 10.1 Å². The zero-order valence-corrected chi connectivity index (χ0v) is 10.4. The van der Waals surface area contributed by atoms with Gasteiger partial charge in [0.1, 0.15) is 5.69 Å². The van der Waals surface area contributed by atoms with Crippen molar-refractivity contribution in [2.45, 2.75) is 32.2 Å². The molecule has 1 N–H and O–H groups in total. The lowest BCUT2D eigenvalue weighted by atomic mass is 10.3. The van der Waals surface area contributed by atoms with Crippen LogP contribution in [0.3, 0.4) is 0 Å². The van der Waals surface area contributed by atoms with Crippen LogP contribution in [0, 0.1) is 17.0 Å². The molecule has 6 heteroatoms. The van der Waals surface area contributed by atoms with E-state index in [1.54, 1.807) is 19.1 Å². The van der Waals surface area contributed by atoms with Crippen LogP contribution in [0.1, 0.15) is 25.0 Å². The van der Waals surface area contributed by atoms with Gasteiger partial charge in [0.15, 0.2) is 0 Å². The van der Waals surface area contributed by atoms with E-state index in [1.807, 2.05) is 0 Å². The summed E-state index contributed by atoms with van der Waals surface area (Å²) in [6.07, 6.45) is 3.35. The standard InChI is InChI=1S/C12H17N3O3/c1-9-3-6-11(12(14-9)15(16)17)18-8-2-7-13-10-4-5-10/h3,6,10,13H,2,4-5,7-8H2,1H3. The monoisotopic (exact) mass is 251 g/mol. The first-order chi connectivity index (χ1) is 8.66. The first-order valence-electron chi connectivity index (χ1n) is 6.15. The van der Waals surface area contributed by atoms with E-state index >= 15 is 0 Å². The van der Waals surface area contributed by atoms with Crippen molar-refractivity contribution in [1.82, 2.24) is 10.3 Å². The number of nitrogens with one attached hydrogen (secondary N) is 1. The minimum absolute atomic E-state index is 0.204. The Balaban J connectivity index is 1.81. The van der Waals surface area contributed by atoms with Gasteiger partial charge in [-0.1, -0.05) is 0 Å². The molecule has 2 rings (SSSR count). The fourth-order valence-corrected chi connectivity index (χ4v) is 1.62. The molecule has 0 saturated heterocycles. The average Bonchev–Trinajstić information content (AvgIpc) is 3.14. The molecule has 1 saturated carbocycles. The van der Waals surface area contributed by atoms with Gasteiger partial charge in [0.2, 0.25) is 5.75 Å². The lowest BCUT2D eigenvalue weighted by Gasteiger charge is -2.06. The van der Waals surface area contributed by atoms with Crippen molar-refractivity contribution in [1.29, 1.82) is 0 Å². The van der Waals surface area contributed by atoms with Gasteiger partial charge in [0.25, 0.3) is 0 Å². The van der Waals surface area contributed by atoms with E-state index in [1.165, 1.54) is 12.8 Å². The number of aromatic nitrogens is 1. The summed E-state index contributed by atoms with van der Waals surface area (Å²) in [6, 6.07) is 4.00. The van der Waals surface area contributed by atoms with Crippen LogP contribution in [0.15, 0.2) is 12.1 Å². The largest absolute Gasteiger partial charge is 0.486 e. The number of hydrogen-bond acceptors (Lipinski definition) is 5. The molecule has 1 aliphatic rings. The van der Waals surface area contributed by atoms with Gasteiger partial charge in [-0.2, -0.15) is 0 Å². The van der Waals surface area contributed by atoms with Gasteiger partial charge >= 0.3 is 5.82 Å². The maximum atomic E-state index is 10.8. The molecule has 1 heterocycles. The fourth-order valence-electron chi connectivity index (χ4n) is 1.62. The summed E-state index contributed by atoms with van der Waals surface area (Å²) in [5, 5.41) is 14.2. The van der Waals surface area contributed by atoms with Crippen molar-refractivity contribution < 1.29 is 9.66 Å². The Morgan fingerprint density at radius 2 is 2.33 bits per heavy atom. The van der Waals surface area contributed by atoms with Crippen molar-refractivity contribution in [2.24, 2.45) is 0 Å². The minimum Gasteiger partial charge on any atom is -0.486 e. The molecule has 6 nitrogen and oxygen atoms in total. The molecule has 18 heavy (non-hydrogen) atoms. The zero-order valence-electron chi connectivity index (χ0n) is 10.4. The molecule has 0 bridgehead atoms. The molecule has 0 spiro atoms. The molecule has 0 aliphatic heterocycles. The number of ether oxygens (including phenoxy) is 1. The van der Waals surface area contributed by atoms with E-state index in [2.05, 4.69) is 10.3 Å². The second-order valence-corrected chi connectivity index (χ2v) is 4.46. The Labute approximate surface area is 106 Å². The van der Waals surface area contributed by atoms with Crippen molar-refractivity contribution in [3.05, 3.63) is 27.9 Å². The van der Waals surface area contributed by atoms with Gasteiger partial charge in [-0.3, -0.25) is 0 Å². The lowest BCUT2D eigenvalue weighted by molar-refractivity contribution is -0.390. The zero-order chi connectivity index (χ0) is 13.0. The third kappa shape index (κ3) is 3.66. The molecule has 0 unspecified atom stereocenters. The molecule has 0 radical (unpaired) electrons. The highest BCUT2D eigenvalue weighted by molar-refractivity contribution is 5.40. The maximum Gasteiger partial charge on any atom is 0.406 e. The topological polar surface area (TPSA) is 77.3 Å². The van der Waals surface area contributed by atoms with Crippen LogP contribution in [-0.2, 0) is 0 Å². The highest BCUT2D eigenvalue weighted by atomic mass is 16.6.